The fraction of sp³-hybridized carbons (Fsp3) is 0. The van der Waals surface area contributed by atoms with Gasteiger partial charge in [0.1, 0.15) is 11.5 Å². The van der Waals surface area contributed by atoms with Crippen molar-refractivity contribution in [2.45, 2.75) is 0 Å². The Morgan fingerprint density at radius 1 is 1.24 bits per heavy atom. The summed E-state index contributed by atoms with van der Waals surface area (Å²) in [4.78, 5) is 14.5. The van der Waals surface area contributed by atoms with E-state index in [1.807, 2.05) is 0 Å². The Bertz CT molecular complexity index is 584. The van der Waals surface area contributed by atoms with E-state index in [0.717, 1.165) is 12.1 Å². The van der Waals surface area contributed by atoms with Gasteiger partial charge < -0.3 is 5.11 Å². The highest BCUT2D eigenvalue weighted by atomic mass is 19.1. The van der Waals surface area contributed by atoms with Crippen LogP contribution in [0.25, 0.3) is 11.3 Å². The van der Waals surface area contributed by atoms with E-state index in [2.05, 4.69) is 4.98 Å². The fourth-order valence-corrected chi connectivity index (χ4v) is 1.45. The van der Waals surface area contributed by atoms with E-state index in [4.69, 9.17) is 5.11 Å². The van der Waals surface area contributed by atoms with Crippen molar-refractivity contribution in [1.82, 2.24) is 4.98 Å². The van der Waals surface area contributed by atoms with Crippen LogP contribution in [0.1, 0.15) is 10.4 Å². The zero-order chi connectivity index (χ0) is 12.4. The minimum Gasteiger partial charge on any atom is -0.478 e. The standard InChI is InChI=1S/C12H7F2NO2/c13-8-3-1-2-7(6-8)11-10(14)9(12(16)17)4-5-15-11/h1-6H,(H,16,17). The molecule has 1 aromatic carbocycles. The predicted molar refractivity (Wildman–Crippen MR) is 56.5 cm³/mol. The number of carboxylic acids is 1. The molecule has 17 heavy (non-hydrogen) atoms. The van der Waals surface area contributed by atoms with Crippen LogP contribution in [0.4, 0.5) is 8.78 Å². The molecule has 0 aliphatic rings. The Morgan fingerprint density at radius 3 is 2.65 bits per heavy atom. The van der Waals surface area contributed by atoms with Crippen LogP contribution in [-0.2, 0) is 0 Å². The molecule has 1 N–H and O–H groups in total. The molecule has 0 saturated carbocycles. The molecular formula is C12H7F2NO2. The van der Waals surface area contributed by atoms with E-state index in [-0.39, 0.29) is 11.3 Å². The molecule has 0 aliphatic heterocycles. The minimum absolute atomic E-state index is 0.176. The number of hydrogen-bond acceptors (Lipinski definition) is 2. The molecule has 2 aromatic rings. The number of nitrogens with zero attached hydrogens (tertiary/aromatic N) is 1. The number of pyridine rings is 1. The lowest BCUT2D eigenvalue weighted by Crippen LogP contribution is -2.03. The summed E-state index contributed by atoms with van der Waals surface area (Å²) in [5.74, 6) is -2.89. The Morgan fingerprint density at radius 2 is 2.00 bits per heavy atom. The van der Waals surface area contributed by atoms with E-state index in [1.165, 1.54) is 24.4 Å². The molecule has 0 saturated heterocycles. The second-order valence-electron chi connectivity index (χ2n) is 3.34. The summed E-state index contributed by atoms with van der Waals surface area (Å²) < 4.78 is 26.8. The van der Waals surface area contributed by atoms with E-state index in [0.29, 0.717) is 0 Å². The molecule has 5 heteroatoms. The first-order valence-corrected chi connectivity index (χ1v) is 4.73. The van der Waals surface area contributed by atoms with Crippen molar-refractivity contribution in [3.05, 3.63) is 53.7 Å². The van der Waals surface area contributed by atoms with Crippen molar-refractivity contribution in [3.63, 3.8) is 0 Å². The molecule has 0 spiro atoms. The maximum atomic E-state index is 13.8. The molecule has 0 amide bonds. The van der Waals surface area contributed by atoms with Crippen LogP contribution in [0.15, 0.2) is 36.5 Å². The van der Waals surface area contributed by atoms with Crippen LogP contribution in [0.2, 0.25) is 0 Å². The van der Waals surface area contributed by atoms with Gasteiger partial charge in [0.15, 0.2) is 5.82 Å². The van der Waals surface area contributed by atoms with Gasteiger partial charge >= 0.3 is 5.97 Å². The van der Waals surface area contributed by atoms with Gasteiger partial charge in [-0.15, -0.1) is 0 Å². The van der Waals surface area contributed by atoms with Gasteiger partial charge in [-0.2, -0.15) is 0 Å². The second-order valence-corrected chi connectivity index (χ2v) is 3.34. The zero-order valence-corrected chi connectivity index (χ0v) is 8.52. The van der Waals surface area contributed by atoms with Gasteiger partial charge in [0.25, 0.3) is 0 Å². The van der Waals surface area contributed by atoms with Gasteiger partial charge in [-0.05, 0) is 18.2 Å². The SMILES string of the molecule is O=C(O)c1ccnc(-c2cccc(F)c2)c1F. The number of aromatic carboxylic acids is 1. The molecule has 0 radical (unpaired) electrons. The van der Waals surface area contributed by atoms with Crippen molar-refractivity contribution in [3.8, 4) is 11.3 Å². The number of carbonyl (C=O) groups is 1. The molecule has 0 atom stereocenters. The quantitative estimate of drug-likeness (QED) is 0.870. The monoisotopic (exact) mass is 235 g/mol. The Kier molecular flexibility index (Phi) is 2.82. The van der Waals surface area contributed by atoms with Crippen molar-refractivity contribution in [2.24, 2.45) is 0 Å². The lowest BCUT2D eigenvalue weighted by Gasteiger charge is -2.04. The summed E-state index contributed by atoms with van der Waals surface area (Å²) in [7, 11) is 0. The summed E-state index contributed by atoms with van der Waals surface area (Å²) in [5, 5.41) is 8.75. The molecule has 0 aliphatic carbocycles. The van der Waals surface area contributed by atoms with E-state index >= 15 is 0 Å². The van der Waals surface area contributed by atoms with E-state index in [1.54, 1.807) is 0 Å². The number of carboxylic acid groups (broad SMARTS) is 1. The largest absolute Gasteiger partial charge is 0.478 e. The smallest absolute Gasteiger partial charge is 0.338 e. The Labute approximate surface area is 95.4 Å². The van der Waals surface area contributed by atoms with Gasteiger partial charge in [-0.1, -0.05) is 12.1 Å². The highest BCUT2D eigenvalue weighted by Gasteiger charge is 2.16. The van der Waals surface area contributed by atoms with Crippen LogP contribution in [-0.4, -0.2) is 16.1 Å². The minimum atomic E-state index is -1.39. The molecule has 86 valence electrons. The summed E-state index contributed by atoms with van der Waals surface area (Å²) in [6.07, 6.45) is 1.17. The topological polar surface area (TPSA) is 50.2 Å². The maximum absolute atomic E-state index is 13.8. The summed E-state index contributed by atoms with van der Waals surface area (Å²) in [6, 6.07) is 6.22. The van der Waals surface area contributed by atoms with Gasteiger partial charge in [-0.3, -0.25) is 4.98 Å². The van der Waals surface area contributed by atoms with Crippen LogP contribution in [0.3, 0.4) is 0 Å². The highest BCUT2D eigenvalue weighted by molar-refractivity contribution is 5.89. The number of halogens is 2. The fourth-order valence-electron chi connectivity index (χ4n) is 1.45. The highest BCUT2D eigenvalue weighted by Crippen LogP contribution is 2.23. The molecule has 0 fully saturated rings. The summed E-state index contributed by atoms with van der Waals surface area (Å²) >= 11 is 0. The first-order valence-electron chi connectivity index (χ1n) is 4.73. The van der Waals surface area contributed by atoms with Gasteiger partial charge in [0.2, 0.25) is 0 Å². The van der Waals surface area contributed by atoms with Crippen LogP contribution >= 0.6 is 0 Å². The molecule has 0 bridgehead atoms. The van der Waals surface area contributed by atoms with Crippen LogP contribution in [0, 0.1) is 11.6 Å². The second kappa shape index (κ2) is 4.29. The van der Waals surface area contributed by atoms with Crippen molar-refractivity contribution in [2.75, 3.05) is 0 Å². The summed E-state index contributed by atoms with van der Waals surface area (Å²) in [5.41, 5.74) is -0.464. The molecule has 0 unspecified atom stereocenters. The first-order chi connectivity index (χ1) is 8.09. The predicted octanol–water partition coefficient (Wildman–Crippen LogP) is 2.73. The van der Waals surface area contributed by atoms with Crippen LogP contribution < -0.4 is 0 Å². The Balaban J connectivity index is 2.60. The van der Waals surface area contributed by atoms with Crippen LogP contribution in [0.5, 0.6) is 0 Å². The summed E-state index contributed by atoms with van der Waals surface area (Å²) in [6.45, 7) is 0. The maximum Gasteiger partial charge on any atom is 0.338 e. The lowest BCUT2D eigenvalue weighted by molar-refractivity contribution is 0.0692. The van der Waals surface area contributed by atoms with Crippen molar-refractivity contribution >= 4 is 5.97 Å². The molecule has 3 nitrogen and oxygen atoms in total. The number of hydrogen-bond donors (Lipinski definition) is 1. The first kappa shape index (κ1) is 11.2. The van der Waals surface area contributed by atoms with Gasteiger partial charge in [-0.25, -0.2) is 13.6 Å². The van der Waals surface area contributed by atoms with Gasteiger partial charge in [0.05, 0.1) is 5.56 Å². The molecule has 1 aromatic heterocycles. The normalized spacial score (nSPS) is 10.2. The molecule has 2 rings (SSSR count). The average Bonchev–Trinajstić information content (AvgIpc) is 2.29. The van der Waals surface area contributed by atoms with Gasteiger partial charge in [0, 0.05) is 11.8 Å². The number of aromatic nitrogens is 1. The van der Waals surface area contributed by atoms with E-state index < -0.39 is 23.2 Å². The van der Waals surface area contributed by atoms with E-state index in [9.17, 15) is 13.6 Å². The molecular weight excluding hydrogens is 228 g/mol. The average molecular weight is 235 g/mol. The van der Waals surface area contributed by atoms with Crippen molar-refractivity contribution in [1.29, 1.82) is 0 Å². The Hall–Kier alpha value is -2.30. The zero-order valence-electron chi connectivity index (χ0n) is 8.52. The number of benzene rings is 1. The third kappa shape index (κ3) is 2.13. The third-order valence-corrected chi connectivity index (χ3v) is 2.22. The third-order valence-electron chi connectivity index (χ3n) is 2.22. The lowest BCUT2D eigenvalue weighted by atomic mass is 10.1. The number of rotatable bonds is 2. The van der Waals surface area contributed by atoms with Crippen molar-refractivity contribution < 1.29 is 18.7 Å². The molecule has 1 heterocycles.